The van der Waals surface area contributed by atoms with Crippen LogP contribution in [0, 0.1) is 0 Å². The molecule has 2 aromatic carbocycles. The lowest BCUT2D eigenvalue weighted by molar-refractivity contribution is -0.274. The number of carbonyl (C=O) groups excluding carboxylic acids is 2. The summed E-state index contributed by atoms with van der Waals surface area (Å²) in [5.74, 6) is -1.08. The first-order chi connectivity index (χ1) is 16.1. The Morgan fingerprint density at radius 3 is 2.26 bits per heavy atom. The number of benzene rings is 2. The topological polar surface area (TPSA) is 89.6 Å². The molecule has 2 N–H and O–H groups in total. The third-order valence-electron chi connectivity index (χ3n) is 4.02. The van der Waals surface area contributed by atoms with Crippen molar-refractivity contribution in [3.05, 3.63) is 74.2 Å². The SMILES string of the molecule is O=C(COc1ccc(OC(F)(F)F)cc1)NCc1nc(C(=O)NCc2cc(Cl)cc(Cl)c2)cs1. The number of thiazole rings is 1. The summed E-state index contributed by atoms with van der Waals surface area (Å²) in [6.07, 6.45) is -4.79. The molecule has 0 aliphatic rings. The van der Waals surface area contributed by atoms with Crippen molar-refractivity contribution in [1.82, 2.24) is 15.6 Å². The molecule has 2 amide bonds. The predicted octanol–water partition coefficient (Wildman–Crippen LogP) is 4.97. The van der Waals surface area contributed by atoms with Gasteiger partial charge in [-0.3, -0.25) is 9.59 Å². The van der Waals surface area contributed by atoms with Gasteiger partial charge in [-0.2, -0.15) is 0 Å². The van der Waals surface area contributed by atoms with E-state index >= 15 is 0 Å². The van der Waals surface area contributed by atoms with Gasteiger partial charge in [-0.1, -0.05) is 23.2 Å². The maximum Gasteiger partial charge on any atom is 0.573 e. The Morgan fingerprint density at radius 1 is 0.971 bits per heavy atom. The smallest absolute Gasteiger partial charge is 0.484 e. The molecule has 34 heavy (non-hydrogen) atoms. The minimum atomic E-state index is -4.79. The first kappa shape index (κ1) is 25.6. The van der Waals surface area contributed by atoms with Gasteiger partial charge < -0.3 is 20.1 Å². The van der Waals surface area contributed by atoms with Crippen molar-refractivity contribution in [2.24, 2.45) is 0 Å². The molecule has 0 fully saturated rings. The highest BCUT2D eigenvalue weighted by Gasteiger charge is 2.31. The zero-order chi connectivity index (χ0) is 24.7. The van der Waals surface area contributed by atoms with Crippen LogP contribution in [0.2, 0.25) is 10.0 Å². The second kappa shape index (κ2) is 11.4. The minimum absolute atomic E-state index is 0.0718. The molecular formula is C21H16Cl2F3N3O4S. The van der Waals surface area contributed by atoms with Gasteiger partial charge in [0.15, 0.2) is 6.61 Å². The van der Waals surface area contributed by atoms with E-state index in [1.807, 2.05) is 0 Å². The summed E-state index contributed by atoms with van der Waals surface area (Å²) in [5.41, 5.74) is 0.927. The molecule has 1 aromatic heterocycles. The van der Waals surface area contributed by atoms with Gasteiger partial charge in [-0.25, -0.2) is 4.98 Å². The van der Waals surface area contributed by atoms with Gasteiger partial charge in [0.05, 0.1) is 6.54 Å². The number of amides is 2. The van der Waals surface area contributed by atoms with E-state index in [0.29, 0.717) is 15.1 Å². The van der Waals surface area contributed by atoms with Crippen molar-refractivity contribution in [3.8, 4) is 11.5 Å². The standard InChI is InChI=1S/C21H16Cl2F3N3O4S/c22-13-5-12(6-14(23)7-13)8-28-20(31)17-11-34-19(29-17)9-27-18(30)10-32-15-1-3-16(4-2-15)33-21(24,25)26/h1-7,11H,8-10H2,(H,27,30)(H,28,31). The Labute approximate surface area is 205 Å². The molecule has 0 unspecified atom stereocenters. The van der Waals surface area contributed by atoms with Crippen molar-refractivity contribution in [1.29, 1.82) is 0 Å². The molecule has 180 valence electrons. The maximum atomic E-state index is 12.3. The zero-order valence-corrected chi connectivity index (χ0v) is 19.4. The summed E-state index contributed by atoms with van der Waals surface area (Å²) in [6, 6.07) is 9.59. The normalized spacial score (nSPS) is 11.1. The second-order valence-electron chi connectivity index (χ2n) is 6.67. The number of nitrogens with zero attached hydrogens (tertiary/aromatic N) is 1. The Hall–Kier alpha value is -3.02. The number of ether oxygens (including phenoxy) is 2. The Bertz CT molecular complexity index is 1140. The summed E-state index contributed by atoms with van der Waals surface area (Å²) in [6.45, 7) is -0.0772. The molecule has 0 aliphatic carbocycles. The Morgan fingerprint density at radius 2 is 1.62 bits per heavy atom. The van der Waals surface area contributed by atoms with E-state index in [1.165, 1.54) is 23.5 Å². The number of nitrogens with one attached hydrogen (secondary N) is 2. The average Bonchev–Trinajstić information content (AvgIpc) is 3.23. The lowest BCUT2D eigenvalue weighted by Crippen LogP contribution is -2.28. The highest BCUT2D eigenvalue weighted by atomic mass is 35.5. The first-order valence-electron chi connectivity index (χ1n) is 9.50. The van der Waals surface area contributed by atoms with Gasteiger partial charge in [-0.15, -0.1) is 24.5 Å². The van der Waals surface area contributed by atoms with Crippen LogP contribution in [-0.4, -0.2) is 29.8 Å². The molecule has 0 saturated heterocycles. The van der Waals surface area contributed by atoms with Gasteiger partial charge in [0.2, 0.25) is 0 Å². The van der Waals surface area contributed by atoms with Crippen molar-refractivity contribution in [2.75, 3.05) is 6.61 Å². The van der Waals surface area contributed by atoms with Gasteiger partial charge in [0.25, 0.3) is 11.8 Å². The van der Waals surface area contributed by atoms with Crippen molar-refractivity contribution < 1.29 is 32.2 Å². The van der Waals surface area contributed by atoms with Gasteiger partial charge in [0, 0.05) is 22.0 Å². The van der Waals surface area contributed by atoms with E-state index in [-0.39, 0.29) is 31.1 Å². The van der Waals surface area contributed by atoms with Crippen LogP contribution in [0.4, 0.5) is 13.2 Å². The summed E-state index contributed by atoms with van der Waals surface area (Å²) in [5, 5.41) is 8.27. The third-order valence-corrected chi connectivity index (χ3v) is 5.31. The Balaban J connectivity index is 1.41. The first-order valence-corrected chi connectivity index (χ1v) is 11.1. The second-order valence-corrected chi connectivity index (χ2v) is 8.49. The lowest BCUT2D eigenvalue weighted by atomic mass is 10.2. The number of halogens is 5. The summed E-state index contributed by atoms with van der Waals surface area (Å²) in [4.78, 5) is 28.4. The summed E-state index contributed by atoms with van der Waals surface area (Å²) >= 11 is 13.1. The average molecular weight is 534 g/mol. The molecule has 0 atom stereocenters. The molecule has 0 bridgehead atoms. The number of rotatable bonds is 9. The quantitative estimate of drug-likeness (QED) is 0.405. The predicted molar refractivity (Wildman–Crippen MR) is 120 cm³/mol. The fraction of sp³-hybridized carbons (Fsp3) is 0.190. The number of hydrogen-bond donors (Lipinski definition) is 2. The minimum Gasteiger partial charge on any atom is -0.484 e. The molecular weight excluding hydrogens is 518 g/mol. The van der Waals surface area contributed by atoms with E-state index in [2.05, 4.69) is 20.4 Å². The van der Waals surface area contributed by atoms with E-state index in [9.17, 15) is 22.8 Å². The van der Waals surface area contributed by atoms with E-state index in [1.54, 1.807) is 23.6 Å². The van der Waals surface area contributed by atoms with E-state index in [4.69, 9.17) is 27.9 Å². The highest BCUT2D eigenvalue weighted by molar-refractivity contribution is 7.09. The van der Waals surface area contributed by atoms with Crippen LogP contribution in [0.15, 0.2) is 47.8 Å². The molecule has 3 aromatic rings. The number of aromatic nitrogens is 1. The molecule has 0 radical (unpaired) electrons. The maximum absolute atomic E-state index is 12.3. The van der Waals surface area contributed by atoms with Crippen LogP contribution in [-0.2, 0) is 17.9 Å². The van der Waals surface area contributed by atoms with Crippen LogP contribution in [0.1, 0.15) is 21.1 Å². The van der Waals surface area contributed by atoms with E-state index in [0.717, 1.165) is 17.7 Å². The summed E-state index contributed by atoms with van der Waals surface area (Å²) < 4.78 is 45.5. The van der Waals surface area contributed by atoms with Gasteiger partial charge in [0.1, 0.15) is 22.2 Å². The molecule has 0 spiro atoms. The van der Waals surface area contributed by atoms with Crippen LogP contribution < -0.4 is 20.1 Å². The lowest BCUT2D eigenvalue weighted by Gasteiger charge is -2.10. The fourth-order valence-corrected chi connectivity index (χ4v) is 3.88. The van der Waals surface area contributed by atoms with Crippen molar-refractivity contribution in [2.45, 2.75) is 19.5 Å². The molecule has 7 nitrogen and oxygen atoms in total. The third kappa shape index (κ3) is 8.40. The zero-order valence-electron chi connectivity index (χ0n) is 17.1. The number of carbonyl (C=O) groups is 2. The molecule has 13 heteroatoms. The van der Waals surface area contributed by atoms with Crippen molar-refractivity contribution >= 4 is 46.4 Å². The van der Waals surface area contributed by atoms with Crippen LogP contribution in [0.25, 0.3) is 0 Å². The fourth-order valence-electron chi connectivity index (χ4n) is 2.59. The number of hydrogen-bond acceptors (Lipinski definition) is 6. The molecule has 3 rings (SSSR count). The monoisotopic (exact) mass is 533 g/mol. The van der Waals surface area contributed by atoms with Crippen LogP contribution in [0.3, 0.4) is 0 Å². The Kier molecular flexibility index (Phi) is 8.59. The highest BCUT2D eigenvalue weighted by Crippen LogP contribution is 2.24. The molecule has 0 aliphatic heterocycles. The van der Waals surface area contributed by atoms with E-state index < -0.39 is 23.9 Å². The largest absolute Gasteiger partial charge is 0.573 e. The van der Waals surface area contributed by atoms with Crippen LogP contribution >= 0.6 is 34.5 Å². The number of alkyl halides is 3. The van der Waals surface area contributed by atoms with Crippen LogP contribution in [0.5, 0.6) is 11.5 Å². The molecule has 1 heterocycles. The molecule has 0 saturated carbocycles. The summed E-state index contributed by atoms with van der Waals surface area (Å²) in [7, 11) is 0. The van der Waals surface area contributed by atoms with Gasteiger partial charge in [-0.05, 0) is 48.0 Å². The van der Waals surface area contributed by atoms with Gasteiger partial charge >= 0.3 is 6.36 Å². The van der Waals surface area contributed by atoms with Crippen molar-refractivity contribution in [3.63, 3.8) is 0 Å².